The maximum atomic E-state index is 13.6. The molecule has 4 atom stereocenters. The summed E-state index contributed by atoms with van der Waals surface area (Å²) in [6, 6.07) is 18.6. The molecular formula is C28H34BrNO3S2. The predicted octanol–water partition coefficient (Wildman–Crippen LogP) is 2.47. The van der Waals surface area contributed by atoms with E-state index in [1.54, 1.807) is 0 Å². The Balaban J connectivity index is 0.00000289. The fraction of sp³-hybridized carbons (Fsp3) is 0.464. The highest BCUT2D eigenvalue weighted by atomic mass is 79.9. The minimum atomic E-state index is -1.72. The van der Waals surface area contributed by atoms with E-state index in [-0.39, 0.29) is 23.1 Å². The first-order valence-electron chi connectivity index (χ1n) is 12.3. The van der Waals surface area contributed by atoms with E-state index >= 15 is 0 Å². The first-order chi connectivity index (χ1) is 16.4. The van der Waals surface area contributed by atoms with Crippen LogP contribution in [0.1, 0.15) is 41.0 Å². The number of carbonyl (C=O) groups excluding carboxylic acids is 1. The number of quaternary nitrogens is 1. The summed E-state index contributed by atoms with van der Waals surface area (Å²) in [6.45, 7) is 1.11. The number of halogens is 1. The van der Waals surface area contributed by atoms with Crippen molar-refractivity contribution in [1.29, 1.82) is 0 Å². The van der Waals surface area contributed by atoms with E-state index in [9.17, 15) is 9.90 Å². The Labute approximate surface area is 226 Å². The average Bonchev–Trinajstić information content (AvgIpc) is 3.65. The standard InChI is InChI=1S/C28H34NO3S2.BrH/c1-29(2,16-6-11-20-9-4-3-5-10-20)23-19-21-14-15-22(23)26(21)32-27(30)28(31,24-12-7-17-33-24)25-13-8-18-34-25;/h3-5,7-10,12-13,17-18,21-23,26,31H,6,11,14-16,19H2,1-2H3;1H/q+1;/p-1. The lowest BCUT2D eigenvalue weighted by Crippen LogP contribution is -3.00. The Morgan fingerprint density at radius 2 is 1.69 bits per heavy atom. The molecule has 5 rings (SSSR count). The van der Waals surface area contributed by atoms with Crippen LogP contribution in [0.5, 0.6) is 0 Å². The number of rotatable bonds is 9. The third-order valence-corrected chi connectivity index (χ3v) is 9.99. The lowest BCUT2D eigenvalue weighted by molar-refractivity contribution is -0.918. The summed E-state index contributed by atoms with van der Waals surface area (Å²) in [7, 11) is 4.67. The molecule has 1 aromatic carbocycles. The monoisotopic (exact) mass is 575 g/mol. The number of aliphatic hydroxyl groups is 1. The van der Waals surface area contributed by atoms with Crippen LogP contribution in [0.3, 0.4) is 0 Å². The van der Waals surface area contributed by atoms with Crippen molar-refractivity contribution in [3.05, 3.63) is 80.7 Å². The van der Waals surface area contributed by atoms with E-state index < -0.39 is 11.6 Å². The second kappa shape index (κ2) is 10.9. The Kier molecular flexibility index (Phi) is 8.23. The predicted molar refractivity (Wildman–Crippen MR) is 138 cm³/mol. The molecule has 0 aliphatic heterocycles. The second-order valence-electron chi connectivity index (χ2n) is 10.4. The molecule has 2 aliphatic carbocycles. The highest BCUT2D eigenvalue weighted by Crippen LogP contribution is 2.50. The van der Waals surface area contributed by atoms with Crippen LogP contribution in [0.25, 0.3) is 0 Å². The zero-order valence-electron chi connectivity index (χ0n) is 20.3. The summed E-state index contributed by atoms with van der Waals surface area (Å²) in [5.41, 5.74) is -0.330. The number of benzene rings is 1. The molecule has 2 aliphatic rings. The first kappa shape index (κ1) is 26.6. The highest BCUT2D eigenvalue weighted by Gasteiger charge is 2.57. The van der Waals surface area contributed by atoms with Gasteiger partial charge in [0.2, 0.25) is 5.60 Å². The lowest BCUT2D eigenvalue weighted by Gasteiger charge is -2.40. The van der Waals surface area contributed by atoms with Crippen LogP contribution in [0.2, 0.25) is 0 Å². The van der Waals surface area contributed by atoms with E-state index in [4.69, 9.17) is 4.74 Å². The number of carbonyl (C=O) groups is 1. The third-order valence-electron chi connectivity index (χ3n) is 8.03. The number of ether oxygens (including phenoxy) is 1. The topological polar surface area (TPSA) is 46.5 Å². The number of thiophene rings is 2. The molecule has 2 heterocycles. The SMILES string of the molecule is C[N+](C)(CCCc1ccccc1)C1CC2CCC1C2OC(=O)C(O)(c1cccs1)c1cccs1.[Br-]. The molecule has 7 heteroatoms. The minimum Gasteiger partial charge on any atom is -1.00 e. The molecule has 4 unspecified atom stereocenters. The molecule has 3 aromatic rings. The number of hydrogen-bond acceptors (Lipinski definition) is 5. The van der Waals surface area contributed by atoms with Crippen LogP contribution in [-0.4, -0.2) is 48.3 Å². The molecular weight excluding hydrogens is 542 g/mol. The zero-order valence-corrected chi connectivity index (χ0v) is 23.5. The van der Waals surface area contributed by atoms with Crippen molar-refractivity contribution >= 4 is 28.6 Å². The van der Waals surface area contributed by atoms with Crippen molar-refractivity contribution in [1.82, 2.24) is 0 Å². The molecule has 188 valence electrons. The van der Waals surface area contributed by atoms with Crippen molar-refractivity contribution in [3.63, 3.8) is 0 Å². The number of esters is 1. The fourth-order valence-corrected chi connectivity index (χ4v) is 7.94. The summed E-state index contributed by atoms with van der Waals surface area (Å²) in [5, 5.41) is 15.4. The molecule has 2 bridgehead atoms. The highest BCUT2D eigenvalue weighted by molar-refractivity contribution is 7.12. The van der Waals surface area contributed by atoms with Gasteiger partial charge in [-0.25, -0.2) is 4.79 Å². The molecule has 2 saturated carbocycles. The number of aryl methyl sites for hydroxylation is 1. The van der Waals surface area contributed by atoms with E-state index in [1.807, 2.05) is 35.0 Å². The Morgan fingerprint density at radius 3 is 2.29 bits per heavy atom. The van der Waals surface area contributed by atoms with Crippen molar-refractivity contribution < 1.29 is 36.1 Å². The van der Waals surface area contributed by atoms with Crippen LogP contribution in [-0.2, 0) is 21.6 Å². The molecule has 0 radical (unpaired) electrons. The van der Waals surface area contributed by atoms with Crippen molar-refractivity contribution in [2.75, 3.05) is 20.6 Å². The van der Waals surface area contributed by atoms with E-state index in [1.165, 1.54) is 28.2 Å². The maximum Gasteiger partial charge on any atom is 0.349 e. The lowest BCUT2D eigenvalue weighted by atomic mass is 9.92. The van der Waals surface area contributed by atoms with Gasteiger partial charge in [0, 0.05) is 24.7 Å². The van der Waals surface area contributed by atoms with E-state index in [0.29, 0.717) is 27.6 Å². The van der Waals surface area contributed by atoms with Crippen molar-refractivity contribution in [2.45, 2.75) is 49.9 Å². The fourth-order valence-electron chi connectivity index (χ4n) is 6.22. The van der Waals surface area contributed by atoms with Gasteiger partial charge in [0.1, 0.15) is 6.10 Å². The zero-order chi connectivity index (χ0) is 23.8. The number of nitrogens with zero attached hydrogens (tertiary/aromatic N) is 1. The van der Waals surface area contributed by atoms with Gasteiger partial charge in [-0.3, -0.25) is 0 Å². The van der Waals surface area contributed by atoms with Crippen LogP contribution >= 0.6 is 22.7 Å². The van der Waals surface area contributed by atoms with Gasteiger partial charge in [-0.15, -0.1) is 22.7 Å². The third kappa shape index (κ3) is 5.16. The maximum absolute atomic E-state index is 13.6. The Morgan fingerprint density at radius 1 is 1.03 bits per heavy atom. The quantitative estimate of drug-likeness (QED) is 0.315. The van der Waals surface area contributed by atoms with E-state index in [2.05, 4.69) is 44.4 Å². The first-order valence-corrected chi connectivity index (χ1v) is 14.0. The van der Waals surface area contributed by atoms with Gasteiger partial charge >= 0.3 is 5.97 Å². The second-order valence-corrected chi connectivity index (χ2v) is 12.3. The van der Waals surface area contributed by atoms with Gasteiger partial charge in [0.25, 0.3) is 0 Å². The number of hydrogen-bond donors (Lipinski definition) is 1. The van der Waals surface area contributed by atoms with E-state index in [0.717, 1.165) is 43.1 Å². The summed E-state index contributed by atoms with van der Waals surface area (Å²) in [4.78, 5) is 14.8. The Hall–Kier alpha value is -1.51. The van der Waals surface area contributed by atoms with Gasteiger partial charge < -0.3 is 31.3 Å². The van der Waals surface area contributed by atoms with Gasteiger partial charge in [0.15, 0.2) is 0 Å². The van der Waals surface area contributed by atoms with Crippen LogP contribution < -0.4 is 17.0 Å². The largest absolute Gasteiger partial charge is 1.00 e. The molecule has 1 N–H and O–H groups in total. The molecule has 0 saturated heterocycles. The normalized spacial score (nSPS) is 23.7. The Bertz CT molecular complexity index is 1050. The summed E-state index contributed by atoms with van der Waals surface area (Å²) in [6.07, 6.45) is 5.44. The van der Waals surface area contributed by atoms with Crippen molar-refractivity contribution in [3.8, 4) is 0 Å². The summed E-state index contributed by atoms with van der Waals surface area (Å²) in [5.74, 6) is 0.229. The molecule has 4 nitrogen and oxygen atoms in total. The van der Waals surface area contributed by atoms with Gasteiger partial charge in [-0.05, 0) is 47.7 Å². The minimum absolute atomic E-state index is 0. The molecule has 0 spiro atoms. The summed E-state index contributed by atoms with van der Waals surface area (Å²) < 4.78 is 7.19. The van der Waals surface area contributed by atoms with Gasteiger partial charge in [-0.2, -0.15) is 0 Å². The van der Waals surface area contributed by atoms with Gasteiger partial charge in [0.05, 0.1) is 36.4 Å². The molecule has 0 amide bonds. The average molecular weight is 577 g/mol. The van der Waals surface area contributed by atoms with Crippen LogP contribution in [0, 0.1) is 11.8 Å². The van der Waals surface area contributed by atoms with Gasteiger partial charge in [-0.1, -0.05) is 42.5 Å². The van der Waals surface area contributed by atoms with Crippen LogP contribution in [0.15, 0.2) is 65.4 Å². The molecule has 35 heavy (non-hydrogen) atoms. The summed E-state index contributed by atoms with van der Waals surface area (Å²) >= 11 is 2.79. The smallest absolute Gasteiger partial charge is 0.349 e. The molecule has 2 fully saturated rings. The number of fused-ring (bicyclic) bond motifs is 2. The molecule has 2 aromatic heterocycles. The van der Waals surface area contributed by atoms with Crippen LogP contribution in [0.4, 0.5) is 0 Å². The van der Waals surface area contributed by atoms with Crippen molar-refractivity contribution in [2.24, 2.45) is 11.8 Å².